The third kappa shape index (κ3) is 1.69. The van der Waals surface area contributed by atoms with E-state index >= 15 is 0 Å². The van der Waals surface area contributed by atoms with E-state index in [4.69, 9.17) is 9.47 Å². The minimum absolute atomic E-state index is 0.332. The van der Waals surface area contributed by atoms with Crippen molar-refractivity contribution in [2.75, 3.05) is 20.8 Å². The molecule has 0 saturated carbocycles. The molecule has 96 valence electrons. The van der Waals surface area contributed by atoms with E-state index in [0.29, 0.717) is 17.9 Å². The van der Waals surface area contributed by atoms with Crippen LogP contribution in [0.1, 0.15) is 24.4 Å². The fraction of sp³-hybridized carbons (Fsp3) is 0.500. The van der Waals surface area contributed by atoms with Gasteiger partial charge in [0.2, 0.25) is 5.88 Å². The number of nitrogens with zero attached hydrogens (tertiary/aromatic N) is 2. The van der Waals surface area contributed by atoms with Gasteiger partial charge in [-0.05, 0) is 19.4 Å². The second-order valence-electron chi connectivity index (χ2n) is 4.34. The van der Waals surface area contributed by atoms with E-state index in [0.717, 1.165) is 29.6 Å². The molecule has 1 atom stereocenters. The highest BCUT2D eigenvalue weighted by atomic mass is 16.5. The molecule has 1 saturated heterocycles. The van der Waals surface area contributed by atoms with Gasteiger partial charge in [-0.15, -0.1) is 0 Å². The van der Waals surface area contributed by atoms with E-state index in [1.54, 1.807) is 14.2 Å². The number of aromatic nitrogens is 3. The van der Waals surface area contributed by atoms with Crippen LogP contribution in [-0.4, -0.2) is 35.7 Å². The molecule has 0 bridgehead atoms. The Morgan fingerprint density at radius 2 is 2.17 bits per heavy atom. The van der Waals surface area contributed by atoms with Crippen molar-refractivity contribution in [1.29, 1.82) is 0 Å². The first-order chi connectivity index (χ1) is 8.83. The maximum Gasteiger partial charge on any atom is 0.320 e. The Morgan fingerprint density at radius 3 is 2.83 bits per heavy atom. The zero-order chi connectivity index (χ0) is 12.5. The molecule has 3 rings (SSSR count). The predicted octanol–water partition coefficient (Wildman–Crippen LogP) is 1.40. The van der Waals surface area contributed by atoms with Crippen molar-refractivity contribution in [3.63, 3.8) is 0 Å². The monoisotopic (exact) mass is 248 g/mol. The maximum atomic E-state index is 5.26. The molecule has 1 aliphatic heterocycles. The molecular formula is C12H16N4O2. The Balaban J connectivity index is 2.15. The lowest BCUT2D eigenvalue weighted by Gasteiger charge is -2.09. The van der Waals surface area contributed by atoms with E-state index < -0.39 is 0 Å². The van der Waals surface area contributed by atoms with E-state index in [9.17, 15) is 0 Å². The van der Waals surface area contributed by atoms with Crippen molar-refractivity contribution in [3.8, 4) is 11.9 Å². The van der Waals surface area contributed by atoms with Crippen LogP contribution in [0.2, 0.25) is 0 Å². The van der Waals surface area contributed by atoms with Gasteiger partial charge < -0.3 is 19.8 Å². The number of nitrogens with one attached hydrogen (secondary N) is 2. The number of ether oxygens (including phenoxy) is 2. The van der Waals surface area contributed by atoms with E-state index in [2.05, 4.69) is 20.3 Å². The zero-order valence-corrected chi connectivity index (χ0v) is 10.5. The van der Waals surface area contributed by atoms with Crippen LogP contribution in [0.25, 0.3) is 11.0 Å². The summed E-state index contributed by atoms with van der Waals surface area (Å²) in [6, 6.07) is 0.682. The third-order valence-corrected chi connectivity index (χ3v) is 3.31. The van der Waals surface area contributed by atoms with Crippen molar-refractivity contribution in [2.24, 2.45) is 0 Å². The molecular weight excluding hydrogens is 232 g/mol. The Morgan fingerprint density at radius 1 is 1.28 bits per heavy atom. The number of methoxy groups -OCH3 is 2. The summed E-state index contributed by atoms with van der Waals surface area (Å²) < 4.78 is 10.4. The van der Waals surface area contributed by atoms with Gasteiger partial charge in [0.05, 0.1) is 14.2 Å². The summed E-state index contributed by atoms with van der Waals surface area (Å²) in [5.74, 6) is 0.515. The molecule has 1 unspecified atom stereocenters. The van der Waals surface area contributed by atoms with Crippen LogP contribution in [0, 0.1) is 0 Å². The molecule has 1 fully saturated rings. The van der Waals surface area contributed by atoms with Crippen LogP contribution in [0.5, 0.6) is 11.9 Å². The normalized spacial score (nSPS) is 19.3. The Kier molecular flexibility index (Phi) is 2.79. The van der Waals surface area contributed by atoms with Crippen LogP contribution in [0.15, 0.2) is 6.20 Å². The van der Waals surface area contributed by atoms with Crippen molar-refractivity contribution < 1.29 is 9.47 Å². The smallest absolute Gasteiger partial charge is 0.320 e. The second kappa shape index (κ2) is 4.45. The van der Waals surface area contributed by atoms with Crippen molar-refractivity contribution in [1.82, 2.24) is 20.3 Å². The summed E-state index contributed by atoms with van der Waals surface area (Å²) >= 11 is 0. The summed E-state index contributed by atoms with van der Waals surface area (Å²) in [6.45, 7) is 1.05. The van der Waals surface area contributed by atoms with E-state index in [1.807, 2.05) is 6.20 Å². The average molecular weight is 248 g/mol. The second-order valence-corrected chi connectivity index (χ2v) is 4.34. The van der Waals surface area contributed by atoms with Gasteiger partial charge in [-0.1, -0.05) is 0 Å². The number of hydrogen-bond acceptors (Lipinski definition) is 5. The first-order valence-electron chi connectivity index (χ1n) is 6.04. The molecule has 0 amide bonds. The van der Waals surface area contributed by atoms with Gasteiger partial charge in [0.25, 0.3) is 0 Å². The lowest BCUT2D eigenvalue weighted by Crippen LogP contribution is -2.12. The molecule has 2 aromatic heterocycles. The minimum atomic E-state index is 0.332. The molecule has 0 aliphatic carbocycles. The molecule has 18 heavy (non-hydrogen) atoms. The van der Waals surface area contributed by atoms with Gasteiger partial charge in [0.1, 0.15) is 11.0 Å². The summed E-state index contributed by atoms with van der Waals surface area (Å²) in [4.78, 5) is 11.8. The number of aromatic amines is 1. The molecule has 1 aliphatic rings. The quantitative estimate of drug-likeness (QED) is 0.859. The Bertz CT molecular complexity index is 560. The van der Waals surface area contributed by atoms with Crippen molar-refractivity contribution in [2.45, 2.75) is 18.9 Å². The number of rotatable bonds is 3. The summed E-state index contributed by atoms with van der Waals surface area (Å²) in [5.41, 5.74) is 2.85. The number of hydrogen-bond donors (Lipinski definition) is 2. The van der Waals surface area contributed by atoms with Gasteiger partial charge >= 0.3 is 6.01 Å². The topological polar surface area (TPSA) is 72.1 Å². The van der Waals surface area contributed by atoms with Gasteiger partial charge in [0.15, 0.2) is 0 Å². The van der Waals surface area contributed by atoms with Crippen LogP contribution in [0.3, 0.4) is 0 Å². The summed E-state index contributed by atoms with van der Waals surface area (Å²) in [7, 11) is 3.15. The molecule has 0 aromatic carbocycles. The van der Waals surface area contributed by atoms with Gasteiger partial charge in [-0.3, -0.25) is 0 Å². The molecule has 3 heterocycles. The molecule has 2 aromatic rings. The minimum Gasteiger partial charge on any atom is -0.479 e. The standard InChI is InChI=1S/C12H16N4O2/c1-17-11-10-9(15-12(16-11)18-2)7(6-14-10)8-4-3-5-13-8/h6,8,13-14H,3-5H2,1-2H3. The fourth-order valence-electron chi connectivity index (χ4n) is 2.43. The summed E-state index contributed by atoms with van der Waals surface area (Å²) in [6.07, 6.45) is 4.29. The Labute approximate surface area is 105 Å². The van der Waals surface area contributed by atoms with Crippen LogP contribution in [0.4, 0.5) is 0 Å². The number of fused-ring (bicyclic) bond motifs is 1. The first-order valence-corrected chi connectivity index (χ1v) is 6.04. The molecule has 2 N–H and O–H groups in total. The molecule has 0 radical (unpaired) electrons. The SMILES string of the molecule is COc1nc(OC)c2[nH]cc(C3CCCN3)c2n1. The molecule has 6 nitrogen and oxygen atoms in total. The molecule has 6 heteroatoms. The van der Waals surface area contributed by atoms with Crippen LogP contribution >= 0.6 is 0 Å². The predicted molar refractivity (Wildman–Crippen MR) is 67.0 cm³/mol. The first kappa shape index (κ1) is 11.3. The van der Waals surface area contributed by atoms with Gasteiger partial charge in [-0.25, -0.2) is 0 Å². The Hall–Kier alpha value is -1.82. The largest absolute Gasteiger partial charge is 0.479 e. The average Bonchev–Trinajstić information content (AvgIpc) is 3.05. The highest BCUT2D eigenvalue weighted by molar-refractivity contribution is 5.84. The van der Waals surface area contributed by atoms with Crippen LogP contribution in [-0.2, 0) is 0 Å². The lowest BCUT2D eigenvalue weighted by atomic mass is 10.1. The van der Waals surface area contributed by atoms with Crippen molar-refractivity contribution >= 4 is 11.0 Å². The van der Waals surface area contributed by atoms with Gasteiger partial charge in [-0.2, -0.15) is 9.97 Å². The lowest BCUT2D eigenvalue weighted by molar-refractivity contribution is 0.356. The fourth-order valence-corrected chi connectivity index (χ4v) is 2.43. The van der Waals surface area contributed by atoms with E-state index in [-0.39, 0.29) is 0 Å². The highest BCUT2D eigenvalue weighted by Gasteiger charge is 2.22. The van der Waals surface area contributed by atoms with Gasteiger partial charge in [0, 0.05) is 17.8 Å². The third-order valence-electron chi connectivity index (χ3n) is 3.31. The molecule has 0 spiro atoms. The van der Waals surface area contributed by atoms with Crippen molar-refractivity contribution in [3.05, 3.63) is 11.8 Å². The number of H-pyrrole nitrogens is 1. The summed E-state index contributed by atoms with van der Waals surface area (Å²) in [5, 5.41) is 3.46. The van der Waals surface area contributed by atoms with E-state index in [1.165, 1.54) is 6.42 Å². The van der Waals surface area contributed by atoms with Crippen LogP contribution < -0.4 is 14.8 Å². The zero-order valence-electron chi connectivity index (χ0n) is 10.5. The maximum absolute atomic E-state index is 5.26. The highest BCUT2D eigenvalue weighted by Crippen LogP contribution is 2.32.